The summed E-state index contributed by atoms with van der Waals surface area (Å²) in [5.74, 6) is 6.33. The number of hydrogen-bond acceptors (Lipinski definition) is 6. The summed E-state index contributed by atoms with van der Waals surface area (Å²) in [7, 11) is 0. The second-order valence-corrected chi connectivity index (χ2v) is 19.1. The number of ketones is 3. The Morgan fingerprint density at radius 3 is 2.29 bits per heavy atom. The van der Waals surface area contributed by atoms with Gasteiger partial charge in [0.25, 0.3) is 0 Å². The highest BCUT2D eigenvalue weighted by Gasteiger charge is 2.70. The van der Waals surface area contributed by atoms with Crippen LogP contribution in [0.1, 0.15) is 125 Å². The van der Waals surface area contributed by atoms with E-state index in [9.17, 15) is 24.3 Å². The molecule has 9 aliphatic rings. The number of esters is 1. The molecule has 0 aliphatic heterocycles. The van der Waals surface area contributed by atoms with Crippen LogP contribution in [0, 0.1) is 75.9 Å². The molecule has 1 N–H and O–H groups in total. The molecule has 9 aliphatic carbocycles. The van der Waals surface area contributed by atoms with Crippen LogP contribution in [-0.2, 0) is 23.9 Å². The molecule has 0 aromatic carbocycles. The van der Waals surface area contributed by atoms with Crippen molar-refractivity contribution in [3.05, 3.63) is 33.9 Å². The number of carbonyl (C=O) groups is 4. The van der Waals surface area contributed by atoms with Gasteiger partial charge in [-0.3, -0.25) is 19.2 Å². The van der Waals surface area contributed by atoms with E-state index in [4.69, 9.17) is 22.8 Å². The van der Waals surface area contributed by atoms with Crippen molar-refractivity contribution >= 4 is 34.9 Å². The highest BCUT2D eigenvalue weighted by molar-refractivity contribution is 6.32. The summed E-state index contributed by atoms with van der Waals surface area (Å²) in [6.45, 7) is 9.65. The number of terminal acetylenes is 1. The molecule has 0 aromatic rings. The van der Waals surface area contributed by atoms with Crippen molar-refractivity contribution < 1.29 is 29.0 Å². The highest BCUT2D eigenvalue weighted by atomic mass is 35.5. The maximum atomic E-state index is 12.8. The van der Waals surface area contributed by atoms with E-state index < -0.39 is 11.2 Å². The van der Waals surface area contributed by atoms with Crippen molar-refractivity contribution in [2.45, 2.75) is 136 Å². The van der Waals surface area contributed by atoms with Gasteiger partial charge < -0.3 is 9.84 Å². The number of Topliss-reactive ketones (excluding diaryl/α,β-unsaturated/α-hetero) is 2. The van der Waals surface area contributed by atoms with Crippen LogP contribution in [0.2, 0.25) is 0 Å². The summed E-state index contributed by atoms with van der Waals surface area (Å²) >= 11 is 6.79. The Morgan fingerprint density at radius 2 is 1.59 bits per heavy atom. The number of carbonyl (C=O) groups excluding carboxylic acids is 4. The Balaban J connectivity index is 0.000000152. The third-order valence-corrected chi connectivity index (χ3v) is 17.4. The summed E-state index contributed by atoms with van der Waals surface area (Å²) in [4.78, 5) is 48.9. The third-order valence-electron chi connectivity index (χ3n) is 17.1. The van der Waals surface area contributed by atoms with Crippen LogP contribution < -0.4 is 0 Å². The van der Waals surface area contributed by atoms with Gasteiger partial charge in [0.2, 0.25) is 0 Å². The lowest BCUT2D eigenvalue weighted by molar-refractivity contribution is -0.185. The van der Waals surface area contributed by atoms with Crippen molar-refractivity contribution in [2.75, 3.05) is 0 Å². The fourth-order valence-electron chi connectivity index (χ4n) is 14.3. The van der Waals surface area contributed by atoms with Gasteiger partial charge in [-0.25, -0.2) is 0 Å². The Bertz CT molecular complexity index is 1750. The molecule has 274 valence electrons. The minimum absolute atomic E-state index is 0.0423. The van der Waals surface area contributed by atoms with E-state index in [0.29, 0.717) is 46.8 Å². The first-order chi connectivity index (χ1) is 24.0. The molecule has 51 heavy (non-hydrogen) atoms. The van der Waals surface area contributed by atoms with Crippen LogP contribution in [0.25, 0.3) is 0 Å². The maximum absolute atomic E-state index is 12.8. The van der Waals surface area contributed by atoms with Gasteiger partial charge in [0.15, 0.2) is 17.2 Å². The average Bonchev–Trinajstić information content (AvgIpc) is 3.79. The third kappa shape index (κ3) is 4.78. The molecule has 0 unspecified atom stereocenters. The number of allylic oxidation sites excluding steroid dienone is 6. The minimum atomic E-state index is -1.03. The molecule has 0 heterocycles. The van der Waals surface area contributed by atoms with Crippen molar-refractivity contribution in [2.24, 2.45) is 63.6 Å². The monoisotopic (exact) mass is 714 g/mol. The molecular weight excluding hydrogens is 660 g/mol. The molecular formula is C44H55ClO6. The summed E-state index contributed by atoms with van der Waals surface area (Å²) in [5, 5.41) is 11.6. The predicted octanol–water partition coefficient (Wildman–Crippen LogP) is 8.24. The zero-order valence-electron chi connectivity index (χ0n) is 31.1. The SMILES string of the molecule is C#C[C@]1(O)CC[C@H]2[C@@H]3CCC4=C(CCC(=O)C4)[C@H]3CC[C@@]21C.CC(=O)O[C@]1(C(C)=O)CC[C@H]2[C@@H]3C=C(Cl)C4=CC(=O)[C@@H]5C[C@@H]5[C@]4(C)[C@H]3CC[C@@]21C. The molecule has 0 radical (unpaired) electrons. The Hall–Kier alpha value is -2.49. The molecule has 9 rings (SSSR count). The minimum Gasteiger partial charge on any atom is -0.451 e. The standard InChI is InChI=1S/C24H29ClO4.C20H26O2/c1-12(26)24(29-13(2)27)8-6-16-14-10-20(25)19-11-21(28)15-9-18(15)23(19,4)17(14)5-7-22(16,24)3;1-3-20(22)11-9-18-17-6-4-13-12-14(21)5-7-15(13)16(17)8-10-19(18,20)2/h10-11,14-18H,5-9H2,1-4H3;1,16-18,22H,4-12H2,2H3/t14-,15+,16-,17-,18-,22-,23-,24-;16-,17-,18+,19+,20+/m01/s1. The molecule has 0 saturated heterocycles. The second-order valence-electron chi connectivity index (χ2n) is 18.7. The van der Waals surface area contributed by atoms with Gasteiger partial charge in [-0.05, 0) is 137 Å². The quantitative estimate of drug-likeness (QED) is 0.176. The molecule has 7 heteroatoms. The lowest BCUT2D eigenvalue weighted by Crippen LogP contribution is -2.58. The number of fused-ring (bicyclic) bond motifs is 11. The number of rotatable bonds is 2. The fourth-order valence-corrected chi connectivity index (χ4v) is 14.7. The van der Waals surface area contributed by atoms with Crippen LogP contribution in [-0.4, -0.2) is 39.6 Å². The maximum Gasteiger partial charge on any atom is 0.303 e. The van der Waals surface area contributed by atoms with Crippen LogP contribution in [0.15, 0.2) is 33.9 Å². The Kier molecular flexibility index (Phi) is 8.19. The molecule has 0 spiro atoms. The van der Waals surface area contributed by atoms with Crippen molar-refractivity contribution in [3.63, 3.8) is 0 Å². The molecule has 5 saturated carbocycles. The number of halogens is 1. The number of aliphatic hydroxyl groups is 1. The van der Waals surface area contributed by atoms with Crippen LogP contribution in [0.3, 0.4) is 0 Å². The zero-order valence-corrected chi connectivity index (χ0v) is 31.9. The lowest BCUT2D eigenvalue weighted by atomic mass is 9.47. The van der Waals surface area contributed by atoms with Gasteiger partial charge in [-0.1, -0.05) is 55.5 Å². The smallest absolute Gasteiger partial charge is 0.303 e. The van der Waals surface area contributed by atoms with Crippen LogP contribution in [0.5, 0.6) is 0 Å². The van der Waals surface area contributed by atoms with Gasteiger partial charge in [-0.2, -0.15) is 0 Å². The first kappa shape index (κ1) is 35.5. The van der Waals surface area contributed by atoms with Crippen LogP contribution in [0.4, 0.5) is 0 Å². The normalized spacial score (nSPS) is 48.7. The summed E-state index contributed by atoms with van der Waals surface area (Å²) in [6, 6.07) is 0. The van der Waals surface area contributed by atoms with Crippen molar-refractivity contribution in [3.8, 4) is 12.3 Å². The van der Waals surface area contributed by atoms with E-state index in [-0.39, 0.29) is 51.5 Å². The van der Waals surface area contributed by atoms with E-state index in [1.54, 1.807) is 12.5 Å². The lowest BCUT2D eigenvalue weighted by Gasteiger charge is -2.57. The fraction of sp³-hybridized carbons (Fsp3) is 0.727. The van der Waals surface area contributed by atoms with Gasteiger partial charge >= 0.3 is 5.97 Å². The van der Waals surface area contributed by atoms with Crippen molar-refractivity contribution in [1.82, 2.24) is 0 Å². The van der Waals surface area contributed by atoms with E-state index in [1.807, 2.05) is 6.08 Å². The highest BCUT2D eigenvalue weighted by Crippen LogP contribution is 2.72. The first-order valence-electron chi connectivity index (χ1n) is 19.8. The van der Waals surface area contributed by atoms with Gasteiger partial charge in [-0.15, -0.1) is 6.42 Å². The molecule has 0 amide bonds. The van der Waals surface area contributed by atoms with Crippen LogP contribution >= 0.6 is 11.6 Å². The first-order valence-corrected chi connectivity index (χ1v) is 20.2. The Labute approximate surface area is 308 Å². The number of ether oxygens (including phenoxy) is 1. The van der Waals surface area contributed by atoms with Crippen molar-refractivity contribution in [1.29, 1.82) is 0 Å². The second kappa shape index (κ2) is 11.8. The Morgan fingerprint density at radius 1 is 0.882 bits per heavy atom. The number of hydrogen-bond donors (Lipinski definition) is 1. The van der Waals surface area contributed by atoms with E-state index in [2.05, 4.69) is 32.8 Å². The average molecular weight is 715 g/mol. The van der Waals surface area contributed by atoms with Gasteiger partial charge in [0.1, 0.15) is 11.4 Å². The summed E-state index contributed by atoms with van der Waals surface area (Å²) in [6.07, 6.45) is 22.7. The van der Waals surface area contributed by atoms with Gasteiger partial charge in [0.05, 0.1) is 0 Å². The molecule has 0 aromatic heterocycles. The molecule has 0 bridgehead atoms. The summed E-state index contributed by atoms with van der Waals surface area (Å²) in [5.41, 5.74) is 1.62. The van der Waals surface area contributed by atoms with E-state index in [0.717, 1.165) is 82.6 Å². The molecule has 13 atom stereocenters. The predicted molar refractivity (Wildman–Crippen MR) is 195 cm³/mol. The summed E-state index contributed by atoms with van der Waals surface area (Å²) < 4.78 is 5.82. The van der Waals surface area contributed by atoms with E-state index >= 15 is 0 Å². The topological polar surface area (TPSA) is 97.7 Å². The largest absolute Gasteiger partial charge is 0.451 e. The molecule has 5 fully saturated rings. The molecule has 6 nitrogen and oxygen atoms in total. The zero-order chi connectivity index (χ0) is 36.5. The van der Waals surface area contributed by atoms with E-state index in [1.165, 1.54) is 18.9 Å². The van der Waals surface area contributed by atoms with Gasteiger partial charge in [0, 0.05) is 47.0 Å².